The van der Waals surface area contributed by atoms with E-state index in [-0.39, 0.29) is 42.7 Å². The van der Waals surface area contributed by atoms with Gasteiger partial charge in [-0.3, -0.25) is 9.69 Å². The Kier molecular flexibility index (Phi) is 9.78. The summed E-state index contributed by atoms with van der Waals surface area (Å²) in [7, 11) is 0. The van der Waals surface area contributed by atoms with Crippen LogP contribution in [0.3, 0.4) is 0 Å². The maximum atomic E-state index is 12.3. The molecule has 1 aromatic carbocycles. The van der Waals surface area contributed by atoms with E-state index < -0.39 is 0 Å². The van der Waals surface area contributed by atoms with Gasteiger partial charge in [-0.1, -0.05) is 31.2 Å². The molecule has 1 aliphatic rings. The third kappa shape index (κ3) is 5.96. The van der Waals surface area contributed by atoms with Gasteiger partial charge in [0.25, 0.3) is 0 Å². The Labute approximate surface area is 152 Å². The van der Waals surface area contributed by atoms with Crippen LogP contribution < -0.4 is 5.73 Å². The summed E-state index contributed by atoms with van der Waals surface area (Å²) >= 11 is 0. The molecule has 0 bridgehead atoms. The molecule has 2 rings (SSSR count). The summed E-state index contributed by atoms with van der Waals surface area (Å²) in [5.74, 6) is 0.105. The van der Waals surface area contributed by atoms with Crippen molar-refractivity contribution in [3.8, 4) is 0 Å². The van der Waals surface area contributed by atoms with E-state index in [4.69, 9.17) is 5.73 Å². The largest absolute Gasteiger partial charge is 0.340 e. The SMILES string of the molecule is Cc1ccccc1CN1CCN(C(=O)C(C)C(C)N)CC1.Cl.Cl. The van der Waals surface area contributed by atoms with Gasteiger partial charge in [0.1, 0.15) is 0 Å². The summed E-state index contributed by atoms with van der Waals surface area (Å²) in [6, 6.07) is 8.42. The van der Waals surface area contributed by atoms with Crippen molar-refractivity contribution in [2.24, 2.45) is 11.7 Å². The molecule has 1 amide bonds. The number of hydrogen-bond acceptors (Lipinski definition) is 3. The van der Waals surface area contributed by atoms with Gasteiger partial charge in [-0.2, -0.15) is 0 Å². The van der Waals surface area contributed by atoms with Gasteiger partial charge in [0.2, 0.25) is 5.91 Å². The molecule has 0 saturated carbocycles. The molecule has 2 atom stereocenters. The lowest BCUT2D eigenvalue weighted by molar-refractivity contribution is -0.137. The monoisotopic (exact) mass is 361 g/mol. The van der Waals surface area contributed by atoms with Crippen LogP contribution in [0.5, 0.6) is 0 Å². The van der Waals surface area contributed by atoms with Crippen molar-refractivity contribution in [1.29, 1.82) is 0 Å². The van der Waals surface area contributed by atoms with E-state index >= 15 is 0 Å². The highest BCUT2D eigenvalue weighted by atomic mass is 35.5. The smallest absolute Gasteiger partial charge is 0.227 e. The van der Waals surface area contributed by atoms with Crippen LogP contribution in [0.2, 0.25) is 0 Å². The van der Waals surface area contributed by atoms with Crippen LogP contribution in [0.25, 0.3) is 0 Å². The zero-order chi connectivity index (χ0) is 15.4. The molecule has 0 spiro atoms. The fourth-order valence-electron chi connectivity index (χ4n) is 2.67. The Balaban J connectivity index is 0.00000242. The maximum absolute atomic E-state index is 12.3. The standard InChI is InChI=1S/C17H27N3O.2ClH/c1-13-6-4-5-7-16(13)12-19-8-10-20(11-9-19)17(21)14(2)15(3)18;;/h4-7,14-15H,8-12,18H2,1-3H3;2*1H. The molecule has 132 valence electrons. The number of piperazine rings is 1. The highest BCUT2D eigenvalue weighted by Crippen LogP contribution is 2.14. The Morgan fingerprint density at radius 2 is 1.70 bits per heavy atom. The van der Waals surface area contributed by atoms with Gasteiger partial charge in [0, 0.05) is 38.8 Å². The highest BCUT2D eigenvalue weighted by molar-refractivity contribution is 5.85. The normalized spacial score (nSPS) is 17.7. The molecule has 1 heterocycles. The summed E-state index contributed by atoms with van der Waals surface area (Å²) in [6.45, 7) is 10.4. The number of nitrogens with two attached hydrogens (primary N) is 1. The first-order chi connectivity index (χ1) is 9.99. The number of carbonyl (C=O) groups is 1. The first-order valence-electron chi connectivity index (χ1n) is 7.80. The lowest BCUT2D eigenvalue weighted by Gasteiger charge is -2.36. The van der Waals surface area contributed by atoms with E-state index in [2.05, 4.69) is 36.1 Å². The molecule has 4 nitrogen and oxygen atoms in total. The Hall–Kier alpha value is -0.810. The zero-order valence-corrected chi connectivity index (χ0v) is 15.8. The Bertz CT molecular complexity index is 488. The topological polar surface area (TPSA) is 49.6 Å². The number of halogens is 2. The molecule has 2 N–H and O–H groups in total. The average Bonchev–Trinajstić information content (AvgIpc) is 2.49. The van der Waals surface area contributed by atoms with Crippen molar-refractivity contribution in [1.82, 2.24) is 9.80 Å². The van der Waals surface area contributed by atoms with Crippen LogP contribution in [-0.2, 0) is 11.3 Å². The number of hydrogen-bond donors (Lipinski definition) is 1. The fraction of sp³-hybridized carbons (Fsp3) is 0.588. The van der Waals surface area contributed by atoms with Crippen LogP contribution in [0.15, 0.2) is 24.3 Å². The second kappa shape index (κ2) is 10.1. The number of amides is 1. The van der Waals surface area contributed by atoms with Crippen LogP contribution in [0.4, 0.5) is 0 Å². The molecule has 1 aromatic rings. The molecule has 0 aliphatic carbocycles. The van der Waals surface area contributed by atoms with Gasteiger partial charge in [-0.15, -0.1) is 24.8 Å². The van der Waals surface area contributed by atoms with Crippen LogP contribution >= 0.6 is 24.8 Å². The molecular formula is C17H29Cl2N3O. The minimum Gasteiger partial charge on any atom is -0.340 e. The summed E-state index contributed by atoms with van der Waals surface area (Å²) in [5.41, 5.74) is 8.54. The van der Waals surface area contributed by atoms with E-state index in [1.807, 2.05) is 18.7 Å². The first kappa shape index (κ1) is 22.2. The number of benzene rings is 1. The van der Waals surface area contributed by atoms with Crippen LogP contribution in [0, 0.1) is 12.8 Å². The summed E-state index contributed by atoms with van der Waals surface area (Å²) in [6.07, 6.45) is 0. The third-order valence-electron chi connectivity index (χ3n) is 4.52. The first-order valence-corrected chi connectivity index (χ1v) is 7.80. The van der Waals surface area contributed by atoms with E-state index in [0.29, 0.717) is 0 Å². The van der Waals surface area contributed by atoms with Crippen molar-refractivity contribution in [2.75, 3.05) is 26.2 Å². The zero-order valence-electron chi connectivity index (χ0n) is 14.2. The van der Waals surface area contributed by atoms with Gasteiger partial charge in [0.05, 0.1) is 5.92 Å². The quantitative estimate of drug-likeness (QED) is 0.895. The van der Waals surface area contributed by atoms with E-state index in [0.717, 1.165) is 32.7 Å². The van der Waals surface area contributed by atoms with Crippen LogP contribution in [-0.4, -0.2) is 47.9 Å². The molecule has 23 heavy (non-hydrogen) atoms. The molecule has 1 saturated heterocycles. The van der Waals surface area contributed by atoms with Crippen LogP contribution in [0.1, 0.15) is 25.0 Å². The van der Waals surface area contributed by atoms with E-state index in [9.17, 15) is 4.79 Å². The number of aryl methyl sites for hydroxylation is 1. The lowest BCUT2D eigenvalue weighted by Crippen LogP contribution is -2.51. The van der Waals surface area contributed by atoms with Crippen molar-refractivity contribution in [3.63, 3.8) is 0 Å². The summed E-state index contributed by atoms with van der Waals surface area (Å²) in [4.78, 5) is 16.7. The third-order valence-corrected chi connectivity index (χ3v) is 4.52. The van der Waals surface area contributed by atoms with Crippen molar-refractivity contribution < 1.29 is 4.79 Å². The van der Waals surface area contributed by atoms with Gasteiger partial charge in [-0.05, 0) is 25.0 Å². The molecule has 1 fully saturated rings. The molecule has 6 heteroatoms. The van der Waals surface area contributed by atoms with E-state index in [1.165, 1.54) is 11.1 Å². The molecule has 1 aliphatic heterocycles. The summed E-state index contributed by atoms with van der Waals surface area (Å²) in [5, 5.41) is 0. The highest BCUT2D eigenvalue weighted by Gasteiger charge is 2.26. The lowest BCUT2D eigenvalue weighted by atomic mass is 10.0. The number of rotatable bonds is 4. The van der Waals surface area contributed by atoms with Crippen molar-refractivity contribution in [3.05, 3.63) is 35.4 Å². The van der Waals surface area contributed by atoms with E-state index in [1.54, 1.807) is 0 Å². The van der Waals surface area contributed by atoms with Gasteiger partial charge in [0.15, 0.2) is 0 Å². The second-order valence-corrected chi connectivity index (χ2v) is 6.18. The fourth-order valence-corrected chi connectivity index (χ4v) is 2.67. The molecule has 2 unspecified atom stereocenters. The predicted octanol–water partition coefficient (Wildman–Crippen LogP) is 2.47. The van der Waals surface area contributed by atoms with Gasteiger partial charge >= 0.3 is 0 Å². The van der Waals surface area contributed by atoms with Gasteiger partial charge < -0.3 is 10.6 Å². The minimum absolute atomic E-state index is 0. The number of nitrogens with zero attached hydrogens (tertiary/aromatic N) is 2. The molecular weight excluding hydrogens is 333 g/mol. The average molecular weight is 362 g/mol. The molecule has 0 radical (unpaired) electrons. The Morgan fingerprint density at radius 1 is 1.13 bits per heavy atom. The molecule has 0 aromatic heterocycles. The summed E-state index contributed by atoms with van der Waals surface area (Å²) < 4.78 is 0. The van der Waals surface area contributed by atoms with Crippen molar-refractivity contribution in [2.45, 2.75) is 33.4 Å². The number of carbonyl (C=O) groups excluding carboxylic acids is 1. The van der Waals surface area contributed by atoms with Crippen molar-refractivity contribution >= 4 is 30.7 Å². The second-order valence-electron chi connectivity index (χ2n) is 6.18. The van der Waals surface area contributed by atoms with Gasteiger partial charge in [-0.25, -0.2) is 0 Å². The Morgan fingerprint density at radius 3 is 2.22 bits per heavy atom. The predicted molar refractivity (Wildman–Crippen MR) is 100 cm³/mol. The maximum Gasteiger partial charge on any atom is 0.227 e. The minimum atomic E-state index is -0.0899.